The molecule has 1 aliphatic carbocycles. The SMILES string of the molecule is Cc1ccc2c(c1)CCC2NCCCO. The summed E-state index contributed by atoms with van der Waals surface area (Å²) in [5.74, 6) is 0. The van der Waals surface area contributed by atoms with Crippen molar-refractivity contribution in [3.8, 4) is 0 Å². The molecule has 2 nitrogen and oxygen atoms in total. The van der Waals surface area contributed by atoms with Crippen LogP contribution in [-0.2, 0) is 6.42 Å². The highest BCUT2D eigenvalue weighted by Gasteiger charge is 2.21. The standard InChI is InChI=1S/C13H19NO/c1-10-3-5-12-11(9-10)4-6-13(12)14-7-2-8-15/h3,5,9,13-15H,2,4,6-8H2,1H3. The van der Waals surface area contributed by atoms with Gasteiger partial charge in [0.15, 0.2) is 0 Å². The third-order valence-electron chi connectivity index (χ3n) is 3.10. The summed E-state index contributed by atoms with van der Waals surface area (Å²) in [6, 6.07) is 7.23. The van der Waals surface area contributed by atoms with E-state index in [1.165, 1.54) is 29.5 Å². The summed E-state index contributed by atoms with van der Waals surface area (Å²) in [7, 11) is 0. The summed E-state index contributed by atoms with van der Waals surface area (Å²) in [5.41, 5.74) is 4.31. The van der Waals surface area contributed by atoms with Crippen molar-refractivity contribution in [1.82, 2.24) is 5.32 Å². The second-order valence-electron chi connectivity index (χ2n) is 4.32. The minimum absolute atomic E-state index is 0.278. The number of aliphatic hydroxyl groups is 1. The maximum absolute atomic E-state index is 8.73. The van der Waals surface area contributed by atoms with E-state index in [-0.39, 0.29) is 6.61 Å². The van der Waals surface area contributed by atoms with Crippen LogP contribution in [0.4, 0.5) is 0 Å². The summed E-state index contributed by atoms with van der Waals surface area (Å²) in [4.78, 5) is 0. The number of aryl methyl sites for hydroxylation is 2. The Hall–Kier alpha value is -0.860. The quantitative estimate of drug-likeness (QED) is 0.736. The Bertz CT molecular complexity index is 335. The largest absolute Gasteiger partial charge is 0.396 e. The van der Waals surface area contributed by atoms with Crippen LogP contribution >= 0.6 is 0 Å². The van der Waals surface area contributed by atoms with E-state index in [1.807, 2.05) is 0 Å². The highest BCUT2D eigenvalue weighted by molar-refractivity contribution is 5.37. The zero-order chi connectivity index (χ0) is 10.7. The molecule has 0 bridgehead atoms. The first-order chi connectivity index (χ1) is 7.31. The van der Waals surface area contributed by atoms with Gasteiger partial charge in [0.1, 0.15) is 0 Å². The van der Waals surface area contributed by atoms with Crippen molar-refractivity contribution in [2.24, 2.45) is 0 Å². The van der Waals surface area contributed by atoms with Crippen molar-refractivity contribution in [2.45, 2.75) is 32.2 Å². The van der Waals surface area contributed by atoms with Crippen LogP contribution in [0.5, 0.6) is 0 Å². The molecule has 82 valence electrons. The number of nitrogens with one attached hydrogen (secondary N) is 1. The summed E-state index contributed by atoms with van der Waals surface area (Å²) in [6.07, 6.45) is 3.23. The first kappa shape index (κ1) is 10.7. The monoisotopic (exact) mass is 205 g/mol. The minimum Gasteiger partial charge on any atom is -0.396 e. The molecule has 2 N–H and O–H groups in total. The Morgan fingerprint density at radius 3 is 3.13 bits per heavy atom. The predicted octanol–water partition coefficient (Wildman–Crippen LogP) is 1.95. The molecular formula is C13H19NO. The van der Waals surface area contributed by atoms with E-state index < -0.39 is 0 Å². The number of hydrogen-bond donors (Lipinski definition) is 2. The van der Waals surface area contributed by atoms with Gasteiger partial charge in [0, 0.05) is 12.6 Å². The van der Waals surface area contributed by atoms with Crippen LogP contribution in [0.1, 0.15) is 35.6 Å². The average molecular weight is 205 g/mol. The second-order valence-corrected chi connectivity index (χ2v) is 4.32. The van der Waals surface area contributed by atoms with E-state index in [4.69, 9.17) is 5.11 Å². The minimum atomic E-state index is 0.278. The Kier molecular flexibility index (Phi) is 3.39. The van der Waals surface area contributed by atoms with Gasteiger partial charge in [-0.1, -0.05) is 23.8 Å². The predicted molar refractivity (Wildman–Crippen MR) is 61.9 cm³/mol. The van der Waals surface area contributed by atoms with E-state index >= 15 is 0 Å². The molecule has 0 saturated heterocycles. The van der Waals surface area contributed by atoms with E-state index in [2.05, 4.69) is 30.4 Å². The molecule has 2 rings (SSSR count). The average Bonchev–Trinajstić information content (AvgIpc) is 2.61. The zero-order valence-corrected chi connectivity index (χ0v) is 9.29. The van der Waals surface area contributed by atoms with Gasteiger partial charge in [-0.25, -0.2) is 0 Å². The molecule has 15 heavy (non-hydrogen) atoms. The summed E-state index contributed by atoms with van der Waals surface area (Å²) >= 11 is 0. The van der Waals surface area contributed by atoms with Crippen LogP contribution in [0.3, 0.4) is 0 Å². The van der Waals surface area contributed by atoms with E-state index in [0.29, 0.717) is 6.04 Å². The van der Waals surface area contributed by atoms with Crippen molar-refractivity contribution in [2.75, 3.05) is 13.2 Å². The lowest BCUT2D eigenvalue weighted by Gasteiger charge is -2.13. The van der Waals surface area contributed by atoms with Gasteiger partial charge >= 0.3 is 0 Å². The molecule has 1 atom stereocenters. The fraction of sp³-hybridized carbons (Fsp3) is 0.538. The fourth-order valence-corrected chi connectivity index (χ4v) is 2.31. The van der Waals surface area contributed by atoms with Gasteiger partial charge in [0.25, 0.3) is 0 Å². The summed E-state index contributed by atoms with van der Waals surface area (Å²) < 4.78 is 0. The zero-order valence-electron chi connectivity index (χ0n) is 9.29. The summed E-state index contributed by atoms with van der Waals surface area (Å²) in [5, 5.41) is 12.2. The molecule has 2 heteroatoms. The lowest BCUT2D eigenvalue weighted by molar-refractivity contribution is 0.283. The Labute approximate surface area is 91.3 Å². The van der Waals surface area contributed by atoms with Gasteiger partial charge in [-0.2, -0.15) is 0 Å². The molecule has 1 aromatic rings. The first-order valence-electron chi connectivity index (χ1n) is 5.75. The smallest absolute Gasteiger partial charge is 0.0443 e. The topological polar surface area (TPSA) is 32.3 Å². The third-order valence-corrected chi connectivity index (χ3v) is 3.10. The van der Waals surface area contributed by atoms with E-state index in [9.17, 15) is 0 Å². The molecule has 0 spiro atoms. The number of aliphatic hydroxyl groups excluding tert-OH is 1. The first-order valence-corrected chi connectivity index (χ1v) is 5.75. The number of hydrogen-bond acceptors (Lipinski definition) is 2. The Balaban J connectivity index is 2.02. The van der Waals surface area contributed by atoms with Gasteiger partial charge in [-0.3, -0.25) is 0 Å². The van der Waals surface area contributed by atoms with Crippen LogP contribution in [0.25, 0.3) is 0 Å². The Morgan fingerprint density at radius 2 is 2.33 bits per heavy atom. The molecule has 0 aromatic heterocycles. The Morgan fingerprint density at radius 1 is 1.47 bits per heavy atom. The lowest BCUT2D eigenvalue weighted by Crippen LogP contribution is -2.21. The molecule has 0 saturated carbocycles. The maximum atomic E-state index is 8.73. The summed E-state index contributed by atoms with van der Waals surface area (Å²) in [6.45, 7) is 3.34. The third kappa shape index (κ3) is 2.39. The van der Waals surface area contributed by atoms with Crippen molar-refractivity contribution in [3.63, 3.8) is 0 Å². The van der Waals surface area contributed by atoms with Crippen LogP contribution < -0.4 is 5.32 Å². The van der Waals surface area contributed by atoms with Crippen molar-refractivity contribution in [3.05, 3.63) is 34.9 Å². The van der Waals surface area contributed by atoms with Gasteiger partial charge in [-0.15, -0.1) is 0 Å². The second kappa shape index (κ2) is 4.77. The lowest BCUT2D eigenvalue weighted by atomic mass is 10.1. The molecule has 0 amide bonds. The molecule has 1 unspecified atom stereocenters. The van der Waals surface area contributed by atoms with E-state index in [0.717, 1.165) is 13.0 Å². The molecule has 0 radical (unpaired) electrons. The molecule has 0 heterocycles. The van der Waals surface area contributed by atoms with Gasteiger partial charge in [0.05, 0.1) is 0 Å². The van der Waals surface area contributed by atoms with Gasteiger partial charge in [0.2, 0.25) is 0 Å². The number of rotatable bonds is 4. The van der Waals surface area contributed by atoms with Crippen LogP contribution in [0.2, 0.25) is 0 Å². The molecule has 1 aromatic carbocycles. The molecule has 0 aliphatic heterocycles. The normalized spacial score (nSPS) is 19.2. The van der Waals surface area contributed by atoms with Crippen LogP contribution in [0, 0.1) is 6.92 Å². The van der Waals surface area contributed by atoms with E-state index in [1.54, 1.807) is 0 Å². The highest BCUT2D eigenvalue weighted by Crippen LogP contribution is 2.31. The van der Waals surface area contributed by atoms with Gasteiger partial charge < -0.3 is 10.4 Å². The van der Waals surface area contributed by atoms with Crippen LogP contribution in [0.15, 0.2) is 18.2 Å². The van der Waals surface area contributed by atoms with Gasteiger partial charge in [-0.05, 0) is 43.9 Å². The highest BCUT2D eigenvalue weighted by atomic mass is 16.3. The maximum Gasteiger partial charge on any atom is 0.0443 e. The number of benzene rings is 1. The van der Waals surface area contributed by atoms with Crippen molar-refractivity contribution >= 4 is 0 Å². The number of fused-ring (bicyclic) bond motifs is 1. The van der Waals surface area contributed by atoms with Crippen molar-refractivity contribution < 1.29 is 5.11 Å². The van der Waals surface area contributed by atoms with Crippen LogP contribution in [-0.4, -0.2) is 18.3 Å². The molecule has 1 aliphatic rings. The molecule has 0 fully saturated rings. The fourth-order valence-electron chi connectivity index (χ4n) is 2.31. The molecular weight excluding hydrogens is 186 g/mol. The van der Waals surface area contributed by atoms with Crippen molar-refractivity contribution in [1.29, 1.82) is 0 Å².